The van der Waals surface area contributed by atoms with Crippen LogP contribution in [0, 0.1) is 0 Å². The van der Waals surface area contributed by atoms with Gasteiger partial charge in [-0.2, -0.15) is 0 Å². The molecule has 1 rings (SSSR count). The molecule has 1 fully saturated rings. The molecule has 2 atom stereocenters. The largest absolute Gasteiger partial charge is 0.351 e. The van der Waals surface area contributed by atoms with Gasteiger partial charge >= 0.3 is 12.1 Å². The summed E-state index contributed by atoms with van der Waals surface area (Å²) in [6.07, 6.45) is 0. The van der Waals surface area contributed by atoms with Crippen LogP contribution in [-0.4, -0.2) is 59.0 Å². The standard InChI is InChI=1S/C8H14N6O6/c9-7(17)13-3(1-19-11)5(15)14(8(10)18)4(2-20-12)6(13)16/h3-4H,1-2,11-12H2,(H2,9,17)(H2,10,18). The number of amides is 6. The Labute approximate surface area is 112 Å². The van der Waals surface area contributed by atoms with Crippen LogP contribution < -0.4 is 23.3 Å². The summed E-state index contributed by atoms with van der Waals surface area (Å²) in [5.41, 5.74) is 10.1. The Balaban J connectivity index is 3.24. The van der Waals surface area contributed by atoms with E-state index in [4.69, 9.17) is 23.3 Å². The van der Waals surface area contributed by atoms with Crippen LogP contribution in [0.1, 0.15) is 0 Å². The van der Waals surface area contributed by atoms with Gasteiger partial charge in [0.1, 0.15) is 12.1 Å². The number of piperazine rings is 1. The minimum atomic E-state index is -1.49. The van der Waals surface area contributed by atoms with Crippen LogP contribution in [0.2, 0.25) is 0 Å². The third kappa shape index (κ3) is 2.67. The number of hydrogen-bond acceptors (Lipinski definition) is 8. The lowest BCUT2D eigenvalue weighted by molar-refractivity contribution is -0.159. The molecule has 6 amide bonds. The molecule has 0 aromatic carbocycles. The number of nitrogens with zero attached hydrogens (tertiary/aromatic N) is 2. The molecule has 8 N–H and O–H groups in total. The number of rotatable bonds is 4. The Morgan fingerprint density at radius 1 is 0.900 bits per heavy atom. The summed E-state index contributed by atoms with van der Waals surface area (Å²) >= 11 is 0. The first-order chi connectivity index (χ1) is 9.36. The summed E-state index contributed by atoms with van der Waals surface area (Å²) in [4.78, 5) is 56.1. The molecular weight excluding hydrogens is 276 g/mol. The molecule has 12 heteroatoms. The number of primary amides is 2. The predicted molar refractivity (Wildman–Crippen MR) is 60.7 cm³/mol. The minimum absolute atomic E-state index is 0.415. The van der Waals surface area contributed by atoms with Gasteiger partial charge in [0.15, 0.2) is 0 Å². The van der Waals surface area contributed by atoms with E-state index in [1.165, 1.54) is 0 Å². The molecule has 12 nitrogen and oxygen atoms in total. The van der Waals surface area contributed by atoms with Crippen molar-refractivity contribution < 1.29 is 28.9 Å². The lowest BCUT2D eigenvalue weighted by atomic mass is 10.1. The Morgan fingerprint density at radius 2 is 1.20 bits per heavy atom. The van der Waals surface area contributed by atoms with Crippen LogP contribution in [0.5, 0.6) is 0 Å². The Bertz CT molecular complexity index is 401. The van der Waals surface area contributed by atoms with E-state index in [9.17, 15) is 19.2 Å². The zero-order valence-electron chi connectivity index (χ0n) is 10.2. The Hall–Kier alpha value is -2.28. The van der Waals surface area contributed by atoms with E-state index in [1.54, 1.807) is 0 Å². The summed E-state index contributed by atoms with van der Waals surface area (Å²) < 4.78 is 0. The quantitative estimate of drug-likeness (QED) is 0.379. The summed E-state index contributed by atoms with van der Waals surface area (Å²) in [5.74, 6) is 7.68. The molecule has 0 spiro atoms. The van der Waals surface area contributed by atoms with Crippen molar-refractivity contribution in [2.45, 2.75) is 12.1 Å². The molecule has 1 aliphatic rings. The predicted octanol–water partition coefficient (Wildman–Crippen LogP) is -3.67. The van der Waals surface area contributed by atoms with Crippen molar-refractivity contribution in [3.8, 4) is 0 Å². The van der Waals surface area contributed by atoms with Gasteiger partial charge in [-0.3, -0.25) is 9.59 Å². The highest BCUT2D eigenvalue weighted by atomic mass is 16.6. The lowest BCUT2D eigenvalue weighted by Crippen LogP contribution is -2.71. The van der Waals surface area contributed by atoms with Crippen molar-refractivity contribution >= 4 is 23.9 Å². The van der Waals surface area contributed by atoms with Crippen LogP contribution >= 0.6 is 0 Å². The fourth-order valence-electron chi connectivity index (χ4n) is 1.85. The highest BCUT2D eigenvalue weighted by Gasteiger charge is 2.50. The Morgan fingerprint density at radius 3 is 1.40 bits per heavy atom. The van der Waals surface area contributed by atoms with Gasteiger partial charge in [0.25, 0.3) is 11.8 Å². The highest BCUT2D eigenvalue weighted by molar-refractivity contribution is 6.11. The zero-order chi connectivity index (χ0) is 15.4. The maximum absolute atomic E-state index is 12.1. The van der Waals surface area contributed by atoms with E-state index >= 15 is 0 Å². The van der Waals surface area contributed by atoms with Gasteiger partial charge in [-0.25, -0.2) is 31.2 Å². The second-order valence-electron chi connectivity index (χ2n) is 3.79. The van der Waals surface area contributed by atoms with Crippen molar-refractivity contribution in [3.63, 3.8) is 0 Å². The summed E-state index contributed by atoms with van der Waals surface area (Å²) in [7, 11) is 0. The number of nitrogens with two attached hydrogens (primary N) is 4. The van der Waals surface area contributed by atoms with Crippen LogP contribution in [0.3, 0.4) is 0 Å². The molecule has 0 radical (unpaired) electrons. The average molecular weight is 290 g/mol. The monoisotopic (exact) mass is 290 g/mol. The van der Waals surface area contributed by atoms with E-state index in [-0.39, 0.29) is 0 Å². The first kappa shape index (κ1) is 15.8. The van der Waals surface area contributed by atoms with E-state index in [2.05, 4.69) is 9.68 Å². The molecule has 1 aliphatic heterocycles. The second-order valence-corrected chi connectivity index (χ2v) is 3.79. The maximum atomic E-state index is 12.1. The number of carbonyl (C=O) groups excluding carboxylic acids is 4. The van der Waals surface area contributed by atoms with Gasteiger partial charge in [-0.1, -0.05) is 0 Å². The third-order valence-corrected chi connectivity index (χ3v) is 2.65. The van der Waals surface area contributed by atoms with Crippen LogP contribution in [0.15, 0.2) is 0 Å². The third-order valence-electron chi connectivity index (χ3n) is 2.65. The smallest absolute Gasteiger partial charge is 0.322 e. The molecule has 1 heterocycles. The highest BCUT2D eigenvalue weighted by Crippen LogP contribution is 2.18. The number of carbonyl (C=O) groups is 4. The van der Waals surface area contributed by atoms with Crippen molar-refractivity contribution in [1.29, 1.82) is 0 Å². The molecule has 0 aromatic heterocycles. The summed E-state index contributed by atoms with van der Waals surface area (Å²) in [6.45, 7) is -1.10. The van der Waals surface area contributed by atoms with Crippen LogP contribution in [-0.2, 0) is 19.3 Å². The molecule has 2 unspecified atom stereocenters. The maximum Gasteiger partial charge on any atom is 0.322 e. The van der Waals surface area contributed by atoms with Crippen molar-refractivity contribution in [2.75, 3.05) is 13.2 Å². The van der Waals surface area contributed by atoms with E-state index < -0.39 is 49.2 Å². The van der Waals surface area contributed by atoms with Gasteiger partial charge in [0, 0.05) is 0 Å². The van der Waals surface area contributed by atoms with Gasteiger partial charge in [-0.05, 0) is 0 Å². The summed E-state index contributed by atoms with van der Waals surface area (Å²) in [6, 6.07) is -5.41. The molecule has 20 heavy (non-hydrogen) atoms. The second kappa shape index (κ2) is 6.25. The fourth-order valence-corrected chi connectivity index (χ4v) is 1.85. The number of hydrogen-bond donors (Lipinski definition) is 4. The van der Waals surface area contributed by atoms with Gasteiger partial charge in [0.05, 0.1) is 13.2 Å². The van der Waals surface area contributed by atoms with Gasteiger partial charge < -0.3 is 21.1 Å². The molecule has 0 saturated carbocycles. The molecule has 1 saturated heterocycles. The first-order valence-corrected chi connectivity index (χ1v) is 5.25. The van der Waals surface area contributed by atoms with Crippen molar-refractivity contribution in [2.24, 2.45) is 23.3 Å². The van der Waals surface area contributed by atoms with Crippen molar-refractivity contribution in [3.05, 3.63) is 0 Å². The normalized spacial score (nSPS) is 23.1. The molecule has 112 valence electrons. The van der Waals surface area contributed by atoms with E-state index in [0.717, 1.165) is 0 Å². The molecule has 0 bridgehead atoms. The molecular formula is C8H14N6O6. The topological polar surface area (TPSA) is 197 Å². The number of imide groups is 2. The molecule has 0 aliphatic carbocycles. The summed E-state index contributed by atoms with van der Waals surface area (Å²) in [5, 5.41) is 0. The fraction of sp³-hybridized carbons (Fsp3) is 0.500. The SMILES string of the molecule is NOCC1C(=O)N(C(N)=O)C(CON)C(=O)N1C(N)=O. The van der Waals surface area contributed by atoms with Crippen LogP contribution in [0.4, 0.5) is 9.59 Å². The van der Waals surface area contributed by atoms with Gasteiger partial charge in [-0.15, -0.1) is 0 Å². The Kier molecular flexibility index (Phi) is 4.93. The van der Waals surface area contributed by atoms with Crippen molar-refractivity contribution in [1.82, 2.24) is 9.80 Å². The minimum Gasteiger partial charge on any atom is -0.351 e. The van der Waals surface area contributed by atoms with Gasteiger partial charge in [0.2, 0.25) is 0 Å². The van der Waals surface area contributed by atoms with E-state index in [0.29, 0.717) is 9.80 Å². The average Bonchev–Trinajstić information content (AvgIpc) is 2.35. The van der Waals surface area contributed by atoms with E-state index in [1.807, 2.05) is 0 Å². The van der Waals surface area contributed by atoms with Crippen LogP contribution in [0.25, 0.3) is 0 Å². The lowest BCUT2D eigenvalue weighted by Gasteiger charge is -2.40. The number of urea groups is 2. The molecule has 0 aromatic rings. The zero-order valence-corrected chi connectivity index (χ0v) is 10.2. The first-order valence-electron chi connectivity index (χ1n) is 5.25.